The van der Waals surface area contributed by atoms with Gasteiger partial charge in [0.1, 0.15) is 7.80 Å². The first kappa shape index (κ1) is 5.57. The number of Topliss-reactive ketones (excluding diaryl/α,β-unsaturated/α-hetero) is 1. The summed E-state index contributed by atoms with van der Waals surface area (Å²) >= 11 is 0. The lowest BCUT2D eigenvalue weighted by Gasteiger charge is -1.73. The summed E-state index contributed by atoms with van der Waals surface area (Å²) in [6, 6.07) is 0. The van der Waals surface area contributed by atoms with Crippen molar-refractivity contribution in [2.45, 2.75) is 6.42 Å². The van der Waals surface area contributed by atoms with Crippen molar-refractivity contribution in [3.05, 3.63) is 0 Å². The molecule has 1 aliphatic rings. The summed E-state index contributed by atoms with van der Waals surface area (Å²) < 4.78 is 10.4. The largest absolute Gasteiger partial charge is 0.290 e. The van der Waals surface area contributed by atoms with Gasteiger partial charge in [0.25, 0.3) is 5.52 Å². The molecule has 8 heavy (non-hydrogen) atoms. The van der Waals surface area contributed by atoms with Gasteiger partial charge in [-0.05, 0) is 0 Å². The standard InChI is InChI=1S/C4H4O3P/c5-3-1-2-8(7)4(3)6/h1-2H2. The third-order valence-electron chi connectivity index (χ3n) is 1.01. The quantitative estimate of drug-likeness (QED) is 0.351. The molecule has 0 bridgehead atoms. The molecule has 0 aromatic heterocycles. The van der Waals surface area contributed by atoms with Gasteiger partial charge in [-0.15, -0.1) is 0 Å². The maximum Gasteiger partial charge on any atom is 0.277 e. The zero-order valence-corrected chi connectivity index (χ0v) is 4.98. The molecule has 4 heteroatoms. The highest BCUT2D eigenvalue weighted by molar-refractivity contribution is 7.68. The van der Waals surface area contributed by atoms with Gasteiger partial charge >= 0.3 is 0 Å². The van der Waals surface area contributed by atoms with Gasteiger partial charge in [-0.25, -0.2) is 0 Å². The van der Waals surface area contributed by atoms with Crippen molar-refractivity contribution in [3.8, 4) is 0 Å². The van der Waals surface area contributed by atoms with Crippen LogP contribution in [0.1, 0.15) is 6.42 Å². The minimum absolute atomic E-state index is 0.189. The lowest BCUT2D eigenvalue weighted by Crippen LogP contribution is -1.99. The van der Waals surface area contributed by atoms with Crippen LogP contribution in [0.3, 0.4) is 0 Å². The Hall–Kier alpha value is -0.560. The molecule has 0 aromatic rings. The first-order valence-corrected chi connectivity index (χ1v) is 3.68. The number of carbonyl (C=O) groups is 2. The Morgan fingerprint density at radius 3 is 2.12 bits per heavy atom. The highest BCUT2D eigenvalue weighted by Gasteiger charge is 2.28. The van der Waals surface area contributed by atoms with Crippen LogP contribution in [0.2, 0.25) is 0 Å². The fraction of sp³-hybridized carbons (Fsp3) is 0.500. The Balaban J connectivity index is 2.86. The maximum absolute atomic E-state index is 10.4. The van der Waals surface area contributed by atoms with Crippen molar-refractivity contribution in [1.82, 2.24) is 0 Å². The SMILES string of the molecule is O=C1CC[P](=O)C1=O. The highest BCUT2D eigenvalue weighted by Crippen LogP contribution is 2.30. The second-order valence-corrected chi connectivity index (χ2v) is 3.19. The number of hydrogen-bond acceptors (Lipinski definition) is 3. The Bertz CT molecular complexity index is 154. The molecule has 1 radical (unpaired) electrons. The summed E-state index contributed by atoms with van der Waals surface area (Å²) in [6.07, 6.45) is 0.459. The summed E-state index contributed by atoms with van der Waals surface area (Å²) in [7, 11) is -1.80. The van der Waals surface area contributed by atoms with Gasteiger partial charge < -0.3 is 0 Å². The van der Waals surface area contributed by atoms with E-state index < -0.39 is 19.1 Å². The first-order valence-electron chi connectivity index (χ1n) is 2.23. The van der Waals surface area contributed by atoms with Gasteiger partial charge in [-0.3, -0.25) is 14.2 Å². The molecule has 1 rings (SSSR count). The zero-order valence-electron chi connectivity index (χ0n) is 4.09. The van der Waals surface area contributed by atoms with E-state index in [2.05, 4.69) is 0 Å². The minimum Gasteiger partial charge on any atom is -0.290 e. The molecule has 0 amide bonds. The summed E-state index contributed by atoms with van der Waals surface area (Å²) in [4.78, 5) is 20.5. The molecule has 0 aliphatic carbocycles. The predicted octanol–water partition coefficient (Wildman–Crippen LogP) is 0.313. The van der Waals surface area contributed by atoms with Crippen LogP contribution in [0.15, 0.2) is 0 Å². The molecule has 0 N–H and O–H groups in total. The van der Waals surface area contributed by atoms with E-state index in [9.17, 15) is 14.2 Å². The number of ketones is 1. The Labute approximate surface area is 46.9 Å². The van der Waals surface area contributed by atoms with Crippen LogP contribution in [0.5, 0.6) is 0 Å². The van der Waals surface area contributed by atoms with E-state index in [4.69, 9.17) is 0 Å². The lowest BCUT2D eigenvalue weighted by atomic mass is 10.3. The molecule has 3 nitrogen and oxygen atoms in total. The molecule has 43 valence electrons. The first-order chi connectivity index (χ1) is 3.72. The normalized spacial score (nSPS) is 24.8. The van der Waals surface area contributed by atoms with Crippen molar-refractivity contribution >= 4 is 19.1 Å². The van der Waals surface area contributed by atoms with Crippen molar-refractivity contribution < 1.29 is 14.2 Å². The molecule has 1 heterocycles. The maximum atomic E-state index is 10.4. The summed E-state index contributed by atoms with van der Waals surface area (Å²) in [5.74, 6) is -0.467. The van der Waals surface area contributed by atoms with Crippen LogP contribution in [0.4, 0.5) is 0 Å². The molecule has 1 saturated heterocycles. The van der Waals surface area contributed by atoms with E-state index >= 15 is 0 Å². The molecular formula is C4H4O3P. The zero-order chi connectivity index (χ0) is 6.15. The Kier molecular flexibility index (Phi) is 1.22. The van der Waals surface area contributed by atoms with E-state index in [0.29, 0.717) is 0 Å². The molecule has 1 unspecified atom stereocenters. The van der Waals surface area contributed by atoms with Gasteiger partial charge in [0.05, 0.1) is 0 Å². The van der Waals surface area contributed by atoms with E-state index in [1.807, 2.05) is 0 Å². The average molecular weight is 131 g/mol. The van der Waals surface area contributed by atoms with Crippen LogP contribution < -0.4 is 0 Å². The Morgan fingerprint density at radius 2 is 2.00 bits per heavy atom. The Morgan fingerprint density at radius 1 is 1.38 bits per heavy atom. The van der Waals surface area contributed by atoms with Gasteiger partial charge in [-0.1, -0.05) is 0 Å². The predicted molar refractivity (Wildman–Crippen MR) is 27.1 cm³/mol. The van der Waals surface area contributed by atoms with E-state index in [1.165, 1.54) is 0 Å². The third-order valence-corrected chi connectivity index (χ3v) is 2.34. The van der Waals surface area contributed by atoms with Crippen LogP contribution in [0, 0.1) is 0 Å². The van der Waals surface area contributed by atoms with Crippen LogP contribution in [-0.4, -0.2) is 17.5 Å². The number of hydrogen-bond donors (Lipinski definition) is 0. The monoisotopic (exact) mass is 131 g/mol. The van der Waals surface area contributed by atoms with Crippen LogP contribution in [0.25, 0.3) is 0 Å². The van der Waals surface area contributed by atoms with E-state index in [0.717, 1.165) is 0 Å². The van der Waals surface area contributed by atoms with Crippen molar-refractivity contribution in [3.63, 3.8) is 0 Å². The third kappa shape index (κ3) is 0.693. The number of carbonyl (C=O) groups excluding carboxylic acids is 2. The summed E-state index contributed by atoms with van der Waals surface area (Å²) in [5, 5.41) is 0. The minimum atomic E-state index is -1.80. The summed E-state index contributed by atoms with van der Waals surface area (Å²) in [6.45, 7) is 0. The van der Waals surface area contributed by atoms with E-state index in [-0.39, 0.29) is 12.6 Å². The molecular weight excluding hydrogens is 127 g/mol. The number of rotatable bonds is 0. The van der Waals surface area contributed by atoms with Gasteiger partial charge in [0.2, 0.25) is 5.78 Å². The highest BCUT2D eigenvalue weighted by atomic mass is 31.1. The van der Waals surface area contributed by atoms with Gasteiger partial charge in [0, 0.05) is 12.6 Å². The van der Waals surface area contributed by atoms with Crippen LogP contribution in [-0.2, 0) is 14.2 Å². The molecule has 0 aromatic carbocycles. The molecule has 0 spiro atoms. The molecule has 1 atom stereocenters. The topological polar surface area (TPSA) is 51.2 Å². The fourth-order valence-corrected chi connectivity index (χ4v) is 1.55. The van der Waals surface area contributed by atoms with Crippen molar-refractivity contribution in [2.75, 3.05) is 6.16 Å². The molecule has 1 aliphatic heterocycles. The molecule has 0 saturated carbocycles. The second kappa shape index (κ2) is 1.75. The van der Waals surface area contributed by atoms with Crippen LogP contribution >= 0.6 is 7.80 Å². The van der Waals surface area contributed by atoms with Gasteiger partial charge in [-0.2, -0.15) is 0 Å². The van der Waals surface area contributed by atoms with E-state index in [1.54, 1.807) is 0 Å². The van der Waals surface area contributed by atoms with Gasteiger partial charge in [0.15, 0.2) is 0 Å². The average Bonchev–Trinajstić information content (AvgIpc) is 1.98. The molecule has 1 fully saturated rings. The van der Waals surface area contributed by atoms with Crippen molar-refractivity contribution in [2.24, 2.45) is 0 Å². The summed E-state index contributed by atoms with van der Waals surface area (Å²) in [5.41, 5.74) is -0.667. The lowest BCUT2D eigenvalue weighted by molar-refractivity contribution is -0.130. The second-order valence-electron chi connectivity index (χ2n) is 1.58. The fourth-order valence-electron chi connectivity index (χ4n) is 0.551. The van der Waals surface area contributed by atoms with Crippen molar-refractivity contribution in [1.29, 1.82) is 0 Å². The smallest absolute Gasteiger partial charge is 0.277 e.